The minimum Gasteiger partial charge on any atom is -0.462 e. The fraction of sp³-hybridized carbons (Fsp3) is 0.767. The molecular weight excluding hydrogens is 706 g/mol. The van der Waals surface area contributed by atoms with Crippen molar-refractivity contribution in [3.63, 3.8) is 0 Å². The van der Waals surface area contributed by atoms with Gasteiger partial charge in [-0.3, -0.25) is 4.79 Å². The van der Waals surface area contributed by atoms with Gasteiger partial charge in [-0.2, -0.15) is 0 Å². The van der Waals surface area contributed by atoms with Gasteiger partial charge in [-0.25, -0.2) is 0 Å². The first kappa shape index (κ1) is 40.8. The lowest BCUT2D eigenvalue weighted by molar-refractivity contribution is -0.342. The molecule has 1 saturated carbocycles. The summed E-state index contributed by atoms with van der Waals surface area (Å²) in [5, 5.41) is 36.7. The Balaban J connectivity index is 1.25. The summed E-state index contributed by atoms with van der Waals surface area (Å²) in [5.74, 6) is -1.83. The second kappa shape index (κ2) is 16.8. The molecule has 2 unspecified atom stereocenters. The Morgan fingerprint density at radius 1 is 1.02 bits per heavy atom. The summed E-state index contributed by atoms with van der Waals surface area (Å²) in [5.41, 5.74) is 0.362. The van der Waals surface area contributed by atoms with Crippen LogP contribution in [0.2, 0.25) is 0 Å². The van der Waals surface area contributed by atoms with Gasteiger partial charge >= 0.3 is 5.97 Å². The average Bonchev–Trinajstić information content (AvgIpc) is 3.50. The number of fused-ring (bicyclic) bond motifs is 2. The van der Waals surface area contributed by atoms with Crippen molar-refractivity contribution >= 4 is 11.7 Å². The second-order valence-electron chi connectivity index (χ2n) is 17.4. The molecule has 0 aromatic carbocycles. The Morgan fingerprint density at radius 2 is 1.80 bits per heavy atom. The highest BCUT2D eigenvalue weighted by molar-refractivity contribution is 6.06. The Bertz CT molecular complexity index is 1550. The summed E-state index contributed by atoms with van der Waals surface area (Å²) in [6.45, 7) is 10.0. The van der Waals surface area contributed by atoms with E-state index >= 15 is 0 Å². The summed E-state index contributed by atoms with van der Waals surface area (Å²) in [7, 11) is 1.59. The monoisotopic (exact) mass is 769 g/mol. The number of ether oxygens (including phenoxy) is 7. The van der Waals surface area contributed by atoms with Gasteiger partial charge in [0.05, 0.1) is 37.1 Å². The maximum Gasteiger partial charge on any atom is 0.316 e. The molecule has 7 rings (SSSR count). The second-order valence-corrected chi connectivity index (χ2v) is 17.4. The molecule has 1 spiro atoms. The van der Waals surface area contributed by atoms with E-state index in [0.29, 0.717) is 55.1 Å². The van der Waals surface area contributed by atoms with Crippen LogP contribution in [-0.2, 0) is 38.0 Å². The smallest absolute Gasteiger partial charge is 0.316 e. The van der Waals surface area contributed by atoms with Crippen molar-refractivity contribution in [2.75, 3.05) is 13.7 Å². The Kier molecular flexibility index (Phi) is 12.5. The van der Waals surface area contributed by atoms with Crippen molar-refractivity contribution in [2.24, 2.45) is 28.8 Å². The quantitative estimate of drug-likeness (QED) is 0.132. The van der Waals surface area contributed by atoms with Crippen LogP contribution < -0.4 is 0 Å². The number of methoxy groups -OCH3 is 1. The maximum absolute atomic E-state index is 14.4. The van der Waals surface area contributed by atoms with Gasteiger partial charge in [-0.15, -0.1) is 0 Å². The minimum absolute atomic E-state index is 0.0359. The van der Waals surface area contributed by atoms with E-state index in [1.807, 2.05) is 19.1 Å². The highest BCUT2D eigenvalue weighted by Gasteiger charge is 2.60. The largest absolute Gasteiger partial charge is 0.462 e. The Morgan fingerprint density at radius 3 is 2.55 bits per heavy atom. The zero-order valence-corrected chi connectivity index (χ0v) is 33.4. The van der Waals surface area contributed by atoms with E-state index in [2.05, 4.69) is 32.0 Å². The van der Waals surface area contributed by atoms with Gasteiger partial charge in [-0.05, 0) is 75.0 Å². The molecule has 0 aromatic heterocycles. The fourth-order valence-electron chi connectivity index (χ4n) is 10.4. The molecule has 14 atom stereocenters. The molecule has 0 amide bonds. The average molecular weight is 770 g/mol. The molecule has 5 heterocycles. The number of rotatable bonds is 4. The van der Waals surface area contributed by atoms with Gasteiger partial charge < -0.3 is 48.6 Å². The van der Waals surface area contributed by atoms with Gasteiger partial charge in [-0.1, -0.05) is 68.6 Å². The van der Waals surface area contributed by atoms with Crippen molar-refractivity contribution in [3.8, 4) is 0 Å². The zero-order chi connectivity index (χ0) is 39.1. The first-order valence-corrected chi connectivity index (χ1v) is 20.7. The number of hydrogen-bond acceptors (Lipinski definition) is 12. The summed E-state index contributed by atoms with van der Waals surface area (Å²) in [4.78, 5) is 14.4. The third kappa shape index (κ3) is 8.17. The van der Waals surface area contributed by atoms with E-state index in [1.165, 1.54) is 19.3 Å². The molecule has 3 N–H and O–H groups in total. The summed E-state index contributed by atoms with van der Waals surface area (Å²) < 4.78 is 45.1. The van der Waals surface area contributed by atoms with Crippen LogP contribution in [0.3, 0.4) is 0 Å². The number of oxime groups is 1. The van der Waals surface area contributed by atoms with Crippen molar-refractivity contribution in [1.29, 1.82) is 0 Å². The first-order valence-electron chi connectivity index (χ1n) is 20.7. The lowest BCUT2D eigenvalue weighted by Gasteiger charge is -2.51. The van der Waals surface area contributed by atoms with Crippen LogP contribution in [0.1, 0.15) is 105 Å². The third-order valence-corrected chi connectivity index (χ3v) is 13.6. The van der Waals surface area contributed by atoms with Crippen LogP contribution in [0.4, 0.5) is 0 Å². The molecule has 2 aliphatic carbocycles. The predicted octanol–water partition coefficient (Wildman–Crippen LogP) is 6.07. The predicted molar refractivity (Wildman–Crippen MR) is 203 cm³/mol. The van der Waals surface area contributed by atoms with Gasteiger partial charge in [0.15, 0.2) is 12.1 Å². The summed E-state index contributed by atoms with van der Waals surface area (Å²) >= 11 is 0. The van der Waals surface area contributed by atoms with E-state index in [1.54, 1.807) is 26.2 Å². The van der Waals surface area contributed by atoms with Gasteiger partial charge in [0, 0.05) is 38.7 Å². The van der Waals surface area contributed by atoms with Crippen molar-refractivity contribution < 1.29 is 53.4 Å². The zero-order valence-electron chi connectivity index (χ0n) is 33.4. The van der Waals surface area contributed by atoms with E-state index in [9.17, 15) is 20.2 Å². The molecule has 2 bridgehead atoms. The van der Waals surface area contributed by atoms with Crippen LogP contribution in [0.25, 0.3) is 0 Å². The van der Waals surface area contributed by atoms with Gasteiger partial charge in [0.2, 0.25) is 0 Å². The third-order valence-electron chi connectivity index (χ3n) is 13.6. The molecule has 5 aliphatic heterocycles. The number of aliphatic hydroxyl groups excluding tert-OH is 1. The number of esters is 1. The van der Waals surface area contributed by atoms with E-state index < -0.39 is 66.2 Å². The molecule has 5 fully saturated rings. The molecule has 0 radical (unpaired) electrons. The van der Waals surface area contributed by atoms with E-state index in [-0.39, 0.29) is 30.4 Å². The van der Waals surface area contributed by atoms with Crippen molar-refractivity contribution in [2.45, 2.75) is 172 Å². The van der Waals surface area contributed by atoms with Crippen molar-refractivity contribution in [3.05, 3.63) is 47.1 Å². The number of nitrogens with zero attached hydrogens (tertiary/aromatic N) is 1. The standard InChI is InChI=1S/C43H63NO11/c1-24-11-10-14-30-23-50-40-36(44-48)27(4)19-33(43(30,40)47)41(46)52-32-20-31(16-15-25(2)38(24)53-35-21-34(49-6)37(45)28(5)51-35)54-42(22-32)18-17-26(3)39(55-42)29-12-8-7-9-13-29/h10-11,14-15,19,24,26,28-29,31-35,37-40,45,47-48H,7-9,12-13,16-18,20-23H2,1-6H3/b11-10?,25-15?,30-14?,44-36-/t24-,26-,28-,31+,32-,33-,34-,35?,37?,38-,39-,40+,42+,43+/m0/s1. The number of aliphatic hydroxyl groups is 2. The molecule has 4 saturated heterocycles. The van der Waals surface area contributed by atoms with E-state index in [4.69, 9.17) is 33.2 Å². The molecule has 0 aromatic rings. The molecule has 12 nitrogen and oxygen atoms in total. The number of hydrogen-bond donors (Lipinski definition) is 3. The number of allylic oxidation sites excluding steroid dienone is 2. The minimum atomic E-state index is -1.83. The number of carbonyl (C=O) groups is 1. The van der Waals surface area contributed by atoms with Gasteiger partial charge in [0.25, 0.3) is 0 Å². The van der Waals surface area contributed by atoms with Crippen LogP contribution in [0.5, 0.6) is 0 Å². The lowest BCUT2D eigenvalue weighted by Crippen LogP contribution is -2.57. The van der Waals surface area contributed by atoms with Crippen molar-refractivity contribution in [1.82, 2.24) is 0 Å². The highest BCUT2D eigenvalue weighted by Crippen LogP contribution is 2.48. The highest BCUT2D eigenvalue weighted by atomic mass is 16.7. The number of carbonyl (C=O) groups excluding carboxylic acids is 1. The van der Waals surface area contributed by atoms with Gasteiger partial charge in [0.1, 0.15) is 35.5 Å². The SMILES string of the molecule is CO[C@H]1CC(O[C@@H]2C(C)=CC[C@@H]3C[C@@H](C[C@]4(CC[C@H](C)[C@@H](C5CCCCC5)O4)O3)OC(=O)[C@@H]3C=C(C)/C(=N/O)[C@H]4OCC(=CC=C[C@@H]2C)[C@]43O)O[C@@H](C)C1O. The van der Waals surface area contributed by atoms with Crippen LogP contribution >= 0.6 is 0 Å². The molecule has 12 heteroatoms. The van der Waals surface area contributed by atoms with E-state index in [0.717, 1.165) is 24.8 Å². The summed E-state index contributed by atoms with van der Waals surface area (Å²) in [6, 6.07) is 0. The summed E-state index contributed by atoms with van der Waals surface area (Å²) in [6.07, 6.45) is 14.4. The normalized spacial score (nSPS) is 45.4. The fourth-order valence-corrected chi connectivity index (χ4v) is 10.4. The Hall–Kier alpha value is -2.42. The Labute approximate surface area is 325 Å². The molecular formula is C43H63NO11. The topological polar surface area (TPSA) is 155 Å². The maximum atomic E-state index is 14.4. The van der Waals surface area contributed by atoms with Crippen LogP contribution in [0, 0.1) is 23.7 Å². The lowest BCUT2D eigenvalue weighted by atomic mass is 9.71. The van der Waals surface area contributed by atoms with Crippen LogP contribution in [-0.4, -0.2) is 107 Å². The first-order chi connectivity index (χ1) is 26.4. The molecule has 306 valence electrons. The molecule has 55 heavy (non-hydrogen) atoms. The molecule has 7 aliphatic rings. The van der Waals surface area contributed by atoms with Crippen LogP contribution in [0.15, 0.2) is 52.3 Å².